The van der Waals surface area contributed by atoms with Crippen molar-refractivity contribution >= 4 is 17.9 Å². The van der Waals surface area contributed by atoms with Gasteiger partial charge in [-0.1, -0.05) is 29.8 Å². The molecular weight excluding hydrogens is 380 g/mol. The number of benzene rings is 1. The fraction of sp³-hybridized carbons (Fsp3) is 0.500. The molecule has 0 spiro atoms. The zero-order valence-corrected chi connectivity index (χ0v) is 17.6. The molecule has 8 heteroatoms. The second kappa shape index (κ2) is 10.5. The number of hydrazone groups is 1. The van der Waals surface area contributed by atoms with Gasteiger partial charge in [-0.25, -0.2) is 9.97 Å². The Balaban J connectivity index is 1.47. The van der Waals surface area contributed by atoms with Gasteiger partial charge in [0.1, 0.15) is 11.6 Å². The van der Waals surface area contributed by atoms with Crippen LogP contribution < -0.4 is 10.3 Å². The number of nitrogens with zero attached hydrogens (tertiary/aromatic N) is 5. The highest BCUT2D eigenvalue weighted by Gasteiger charge is 2.16. The Hall–Kier alpha value is -2.55. The monoisotopic (exact) mass is 410 g/mol. The maximum atomic E-state index is 5.49. The minimum absolute atomic E-state index is 0.715. The van der Waals surface area contributed by atoms with Crippen molar-refractivity contribution in [3.8, 4) is 0 Å². The van der Waals surface area contributed by atoms with Gasteiger partial charge < -0.3 is 14.4 Å². The first-order chi connectivity index (χ1) is 14.8. The van der Waals surface area contributed by atoms with Crippen LogP contribution in [0.1, 0.15) is 17.0 Å². The summed E-state index contributed by atoms with van der Waals surface area (Å²) in [7, 11) is 0. The van der Waals surface area contributed by atoms with E-state index in [0.29, 0.717) is 5.82 Å². The lowest BCUT2D eigenvalue weighted by Crippen LogP contribution is -2.38. The Morgan fingerprint density at radius 3 is 2.57 bits per heavy atom. The number of anilines is 2. The van der Waals surface area contributed by atoms with Gasteiger partial charge in [0.2, 0.25) is 0 Å². The minimum atomic E-state index is 0.715. The maximum Gasteiger partial charge on any atom is 0.152 e. The highest BCUT2D eigenvalue weighted by atomic mass is 16.5. The van der Waals surface area contributed by atoms with E-state index < -0.39 is 0 Å². The Morgan fingerprint density at radius 1 is 1.03 bits per heavy atom. The van der Waals surface area contributed by atoms with Crippen LogP contribution in [0.3, 0.4) is 0 Å². The highest BCUT2D eigenvalue weighted by molar-refractivity contribution is 5.80. The summed E-state index contributed by atoms with van der Waals surface area (Å²) < 4.78 is 10.9. The molecule has 160 valence electrons. The van der Waals surface area contributed by atoms with Crippen LogP contribution in [0.5, 0.6) is 0 Å². The Morgan fingerprint density at radius 2 is 1.80 bits per heavy atom. The normalized spacial score (nSPS) is 18.1. The Kier molecular flexibility index (Phi) is 7.23. The maximum absolute atomic E-state index is 5.49. The van der Waals surface area contributed by atoms with Crippen molar-refractivity contribution < 1.29 is 9.47 Å². The zero-order valence-electron chi connectivity index (χ0n) is 17.6. The SMILES string of the molecule is Cc1cccc(C=NNc2cc(N3CCOCC3)nc(CCN3CCOCC3)n2)c1. The third-order valence-electron chi connectivity index (χ3n) is 5.28. The third-order valence-corrected chi connectivity index (χ3v) is 5.28. The van der Waals surface area contributed by atoms with Crippen LogP contribution in [0.2, 0.25) is 0 Å². The van der Waals surface area contributed by atoms with E-state index in [4.69, 9.17) is 19.4 Å². The molecule has 2 fully saturated rings. The van der Waals surface area contributed by atoms with Gasteiger partial charge in [0, 0.05) is 45.2 Å². The molecule has 0 saturated carbocycles. The molecule has 4 rings (SSSR count). The molecule has 0 unspecified atom stereocenters. The molecular formula is C22H30N6O2. The summed E-state index contributed by atoms with van der Waals surface area (Å²) in [6.07, 6.45) is 2.62. The summed E-state index contributed by atoms with van der Waals surface area (Å²) in [5.41, 5.74) is 5.36. The first kappa shape index (κ1) is 20.7. The predicted molar refractivity (Wildman–Crippen MR) is 118 cm³/mol. The van der Waals surface area contributed by atoms with Crippen molar-refractivity contribution in [2.75, 3.05) is 69.5 Å². The number of ether oxygens (including phenoxy) is 2. The average Bonchev–Trinajstić information content (AvgIpc) is 2.79. The lowest BCUT2D eigenvalue weighted by Gasteiger charge is -2.28. The molecule has 2 saturated heterocycles. The molecule has 2 aliphatic heterocycles. The molecule has 2 aromatic rings. The van der Waals surface area contributed by atoms with E-state index >= 15 is 0 Å². The van der Waals surface area contributed by atoms with Crippen LogP contribution in [0, 0.1) is 6.92 Å². The van der Waals surface area contributed by atoms with E-state index in [1.54, 1.807) is 0 Å². The van der Waals surface area contributed by atoms with E-state index in [2.05, 4.69) is 39.4 Å². The predicted octanol–water partition coefficient (Wildman–Crippen LogP) is 1.94. The van der Waals surface area contributed by atoms with E-state index in [-0.39, 0.29) is 0 Å². The van der Waals surface area contributed by atoms with Gasteiger partial charge in [-0.2, -0.15) is 5.10 Å². The summed E-state index contributed by atoms with van der Waals surface area (Å²) in [5.74, 6) is 2.48. The molecule has 0 aliphatic carbocycles. The number of aromatic nitrogens is 2. The van der Waals surface area contributed by atoms with Crippen LogP contribution in [0.15, 0.2) is 35.4 Å². The number of aryl methyl sites for hydroxylation is 1. The van der Waals surface area contributed by atoms with E-state index in [1.807, 2.05) is 24.4 Å². The molecule has 0 amide bonds. The summed E-state index contributed by atoms with van der Waals surface area (Å²) in [5, 5.41) is 4.39. The Labute approximate surface area is 177 Å². The van der Waals surface area contributed by atoms with Crippen molar-refractivity contribution in [1.82, 2.24) is 14.9 Å². The van der Waals surface area contributed by atoms with Gasteiger partial charge in [0.15, 0.2) is 5.82 Å². The smallest absolute Gasteiger partial charge is 0.152 e. The molecule has 1 N–H and O–H groups in total. The number of rotatable bonds is 7. The molecule has 0 atom stereocenters. The fourth-order valence-electron chi connectivity index (χ4n) is 3.61. The topological polar surface area (TPSA) is 75.1 Å². The van der Waals surface area contributed by atoms with Crippen LogP contribution in [-0.2, 0) is 15.9 Å². The molecule has 1 aromatic carbocycles. The summed E-state index contributed by atoms with van der Waals surface area (Å²) in [4.78, 5) is 14.2. The van der Waals surface area contributed by atoms with E-state index in [9.17, 15) is 0 Å². The first-order valence-corrected chi connectivity index (χ1v) is 10.6. The molecule has 1 aromatic heterocycles. The summed E-state index contributed by atoms with van der Waals surface area (Å²) >= 11 is 0. The second-order valence-electron chi connectivity index (χ2n) is 7.62. The van der Waals surface area contributed by atoms with Gasteiger partial charge in [0.05, 0.1) is 32.6 Å². The number of hydrogen-bond acceptors (Lipinski definition) is 8. The van der Waals surface area contributed by atoms with E-state index in [1.165, 1.54) is 5.56 Å². The highest BCUT2D eigenvalue weighted by Crippen LogP contribution is 2.18. The van der Waals surface area contributed by atoms with Crippen molar-refractivity contribution in [1.29, 1.82) is 0 Å². The van der Waals surface area contributed by atoms with Gasteiger partial charge in [-0.05, 0) is 12.5 Å². The van der Waals surface area contributed by atoms with E-state index in [0.717, 1.165) is 82.8 Å². The van der Waals surface area contributed by atoms with Crippen molar-refractivity contribution in [3.05, 3.63) is 47.3 Å². The zero-order chi connectivity index (χ0) is 20.6. The van der Waals surface area contributed by atoms with Crippen LogP contribution in [-0.4, -0.2) is 80.2 Å². The number of morpholine rings is 2. The number of hydrogen-bond donors (Lipinski definition) is 1. The molecule has 8 nitrogen and oxygen atoms in total. The average molecular weight is 411 g/mol. The Bertz CT molecular complexity index is 847. The largest absolute Gasteiger partial charge is 0.379 e. The van der Waals surface area contributed by atoms with Crippen molar-refractivity contribution in [3.63, 3.8) is 0 Å². The van der Waals surface area contributed by atoms with Crippen molar-refractivity contribution in [2.24, 2.45) is 5.10 Å². The second-order valence-corrected chi connectivity index (χ2v) is 7.62. The standard InChI is InChI=1S/C22H30N6O2/c1-18-3-2-4-19(15-18)17-23-26-21-16-22(28-9-13-30-14-10-28)25-20(24-21)5-6-27-7-11-29-12-8-27/h2-4,15-17H,5-14H2,1H3,(H,24,25,26). The first-order valence-electron chi connectivity index (χ1n) is 10.6. The van der Waals surface area contributed by atoms with Crippen LogP contribution >= 0.6 is 0 Å². The van der Waals surface area contributed by atoms with Gasteiger partial charge in [0.25, 0.3) is 0 Å². The molecule has 2 aliphatic rings. The lowest BCUT2D eigenvalue weighted by atomic mass is 10.2. The van der Waals surface area contributed by atoms with Gasteiger partial charge >= 0.3 is 0 Å². The minimum Gasteiger partial charge on any atom is -0.379 e. The van der Waals surface area contributed by atoms with Crippen LogP contribution in [0.25, 0.3) is 0 Å². The van der Waals surface area contributed by atoms with Gasteiger partial charge in [-0.15, -0.1) is 0 Å². The molecule has 30 heavy (non-hydrogen) atoms. The molecule has 3 heterocycles. The fourth-order valence-corrected chi connectivity index (χ4v) is 3.61. The number of nitrogens with one attached hydrogen (secondary N) is 1. The van der Waals surface area contributed by atoms with Gasteiger partial charge in [-0.3, -0.25) is 10.3 Å². The lowest BCUT2D eigenvalue weighted by molar-refractivity contribution is 0.0382. The van der Waals surface area contributed by atoms with Crippen molar-refractivity contribution in [2.45, 2.75) is 13.3 Å². The molecule has 0 radical (unpaired) electrons. The summed E-state index contributed by atoms with van der Waals surface area (Å²) in [6.45, 7) is 9.67. The third kappa shape index (κ3) is 5.98. The van der Waals surface area contributed by atoms with Crippen LogP contribution in [0.4, 0.5) is 11.6 Å². The molecule has 0 bridgehead atoms. The quantitative estimate of drug-likeness (QED) is 0.552. The summed E-state index contributed by atoms with van der Waals surface area (Å²) in [6, 6.07) is 10.2.